The molecule has 1 heterocycles. The number of nitrogens with zero attached hydrogens (tertiary/aromatic N) is 2. The predicted molar refractivity (Wildman–Crippen MR) is 160 cm³/mol. The fourth-order valence-corrected chi connectivity index (χ4v) is 6.06. The summed E-state index contributed by atoms with van der Waals surface area (Å²) in [5, 5.41) is 3.57. The maximum Gasteiger partial charge on any atom is 0.228 e. The third kappa shape index (κ3) is 5.40. The average Bonchev–Trinajstić information content (AvgIpc) is 3.09. The van der Waals surface area contributed by atoms with Crippen molar-refractivity contribution in [1.29, 1.82) is 0 Å². The molecule has 0 aromatic heterocycles. The molecule has 5 nitrogen and oxygen atoms in total. The van der Waals surface area contributed by atoms with E-state index in [4.69, 9.17) is 0 Å². The van der Waals surface area contributed by atoms with Crippen LogP contribution in [0.2, 0.25) is 0 Å². The number of para-hydroxylation sites is 2. The Morgan fingerprint density at radius 2 is 1.60 bits per heavy atom. The second kappa shape index (κ2) is 11.7. The minimum absolute atomic E-state index is 0.00993. The maximum atomic E-state index is 14.1. The number of nitrogens with one attached hydrogen (secondary N) is 1. The molecule has 0 fully saturated rings. The molecule has 1 aliphatic heterocycles. The minimum atomic E-state index is -0.551. The number of Topliss-reactive ketones (excluding diaryl/α,β-unsaturated/α-hetero) is 1. The van der Waals surface area contributed by atoms with Crippen LogP contribution in [-0.2, 0) is 9.59 Å². The second-order valence-electron chi connectivity index (χ2n) is 11.1. The van der Waals surface area contributed by atoms with Crippen molar-refractivity contribution in [3.05, 3.63) is 101 Å². The Balaban J connectivity index is 1.67. The monoisotopic (exact) mass is 539 g/mol. The van der Waals surface area contributed by atoms with Crippen LogP contribution in [0.25, 0.3) is 0 Å². The Bertz CT molecular complexity index is 1410. The first-order valence-electron chi connectivity index (χ1n) is 14.3. The molecule has 6 heteroatoms. The van der Waals surface area contributed by atoms with Crippen LogP contribution in [0.1, 0.15) is 70.0 Å². The van der Waals surface area contributed by atoms with E-state index in [1.807, 2.05) is 43.0 Å². The van der Waals surface area contributed by atoms with Gasteiger partial charge in [0.1, 0.15) is 5.82 Å². The lowest BCUT2D eigenvalue weighted by Crippen LogP contribution is -2.39. The van der Waals surface area contributed by atoms with Gasteiger partial charge in [-0.3, -0.25) is 14.5 Å². The van der Waals surface area contributed by atoms with Crippen molar-refractivity contribution in [2.45, 2.75) is 58.9 Å². The van der Waals surface area contributed by atoms with Crippen molar-refractivity contribution in [2.75, 3.05) is 28.2 Å². The van der Waals surface area contributed by atoms with Crippen molar-refractivity contribution < 1.29 is 14.0 Å². The number of carbonyl (C=O) groups excluding carboxylic acids is 2. The van der Waals surface area contributed by atoms with Crippen LogP contribution in [-0.4, -0.2) is 24.8 Å². The molecule has 0 saturated heterocycles. The third-order valence-corrected chi connectivity index (χ3v) is 8.02. The Morgan fingerprint density at radius 3 is 2.25 bits per heavy atom. The second-order valence-corrected chi connectivity index (χ2v) is 11.1. The van der Waals surface area contributed by atoms with Crippen LogP contribution in [0.4, 0.5) is 21.5 Å². The Kier molecular flexibility index (Phi) is 8.06. The van der Waals surface area contributed by atoms with Crippen molar-refractivity contribution in [3.63, 3.8) is 0 Å². The quantitative estimate of drug-likeness (QED) is 0.336. The molecular weight excluding hydrogens is 501 g/mol. The molecule has 2 atom stereocenters. The normalized spacial score (nSPS) is 18.6. The largest absolute Gasteiger partial charge is 0.372 e. The first-order valence-corrected chi connectivity index (χ1v) is 14.3. The zero-order valence-corrected chi connectivity index (χ0v) is 23.8. The molecule has 0 radical (unpaired) electrons. The van der Waals surface area contributed by atoms with Gasteiger partial charge in [-0.2, -0.15) is 0 Å². The highest BCUT2D eigenvalue weighted by Gasteiger charge is 2.41. The van der Waals surface area contributed by atoms with Crippen LogP contribution in [0.3, 0.4) is 0 Å². The van der Waals surface area contributed by atoms with E-state index in [0.717, 1.165) is 47.0 Å². The number of benzene rings is 3. The molecule has 3 aromatic rings. The Hall–Kier alpha value is -3.93. The predicted octanol–water partition coefficient (Wildman–Crippen LogP) is 7.62. The van der Waals surface area contributed by atoms with E-state index in [0.29, 0.717) is 24.8 Å². The number of hydrogen-bond donors (Lipinski definition) is 1. The molecule has 0 bridgehead atoms. The number of hydrogen-bond acceptors (Lipinski definition) is 4. The molecular formula is C34H38FN3O2. The summed E-state index contributed by atoms with van der Waals surface area (Å²) in [7, 11) is 0. The minimum Gasteiger partial charge on any atom is -0.372 e. The lowest BCUT2D eigenvalue weighted by atomic mass is 9.78. The summed E-state index contributed by atoms with van der Waals surface area (Å²) in [6, 6.07) is 22.0. The Morgan fingerprint density at radius 1 is 0.950 bits per heavy atom. The summed E-state index contributed by atoms with van der Waals surface area (Å²) < 4.78 is 13.7. The van der Waals surface area contributed by atoms with Gasteiger partial charge in [-0.15, -0.1) is 0 Å². The summed E-state index contributed by atoms with van der Waals surface area (Å²) in [6.45, 7) is 10.1. The van der Waals surface area contributed by atoms with Gasteiger partial charge < -0.3 is 10.2 Å². The van der Waals surface area contributed by atoms with Crippen molar-refractivity contribution in [1.82, 2.24) is 0 Å². The highest BCUT2D eigenvalue weighted by Crippen LogP contribution is 2.47. The number of allylic oxidation sites excluding steroid dienone is 1. The highest BCUT2D eigenvalue weighted by atomic mass is 19.1. The number of fused-ring (bicyclic) bond motifs is 1. The first-order chi connectivity index (χ1) is 19.3. The number of amides is 1. The van der Waals surface area contributed by atoms with Crippen LogP contribution < -0.4 is 15.1 Å². The van der Waals surface area contributed by atoms with E-state index in [2.05, 4.69) is 48.3 Å². The number of ketones is 1. The summed E-state index contributed by atoms with van der Waals surface area (Å²) in [4.78, 5) is 32.2. The van der Waals surface area contributed by atoms with Crippen LogP contribution in [0, 0.1) is 11.7 Å². The van der Waals surface area contributed by atoms with E-state index in [9.17, 15) is 14.0 Å². The molecule has 3 aromatic carbocycles. The van der Waals surface area contributed by atoms with E-state index in [1.54, 1.807) is 12.1 Å². The topological polar surface area (TPSA) is 52.7 Å². The molecule has 5 rings (SSSR count). The molecule has 0 unspecified atom stereocenters. The zero-order chi connectivity index (χ0) is 28.4. The van der Waals surface area contributed by atoms with Gasteiger partial charge in [-0.05, 0) is 79.6 Å². The van der Waals surface area contributed by atoms with Gasteiger partial charge >= 0.3 is 0 Å². The molecule has 2 aliphatic rings. The van der Waals surface area contributed by atoms with Gasteiger partial charge in [0.2, 0.25) is 5.91 Å². The fourth-order valence-electron chi connectivity index (χ4n) is 6.06. The lowest BCUT2D eigenvalue weighted by Gasteiger charge is -2.35. The zero-order valence-electron chi connectivity index (χ0n) is 23.8. The van der Waals surface area contributed by atoms with Crippen molar-refractivity contribution in [2.24, 2.45) is 5.92 Å². The number of halogens is 1. The van der Waals surface area contributed by atoms with Gasteiger partial charge in [0, 0.05) is 42.9 Å². The molecule has 1 N–H and O–H groups in total. The summed E-state index contributed by atoms with van der Waals surface area (Å²) >= 11 is 0. The first kappa shape index (κ1) is 27.6. The van der Waals surface area contributed by atoms with Crippen LogP contribution in [0.5, 0.6) is 0 Å². The van der Waals surface area contributed by atoms with Crippen LogP contribution >= 0.6 is 0 Å². The SMILES string of the molecule is CCN(CC)c1ccc([C@H]2C3=C(C[C@H](c4ccc(F)cc4)CC3=O)Nc3ccccc3N2C(=O)CC(C)C)cc1. The lowest BCUT2D eigenvalue weighted by molar-refractivity contribution is -0.119. The van der Waals surface area contributed by atoms with Crippen molar-refractivity contribution >= 4 is 28.8 Å². The summed E-state index contributed by atoms with van der Waals surface area (Å²) in [6.07, 6.45) is 1.28. The number of anilines is 3. The van der Waals surface area contributed by atoms with Crippen molar-refractivity contribution in [3.8, 4) is 0 Å². The molecule has 1 aliphatic carbocycles. The van der Waals surface area contributed by atoms with E-state index < -0.39 is 6.04 Å². The van der Waals surface area contributed by atoms with Crippen LogP contribution in [0.15, 0.2) is 84.1 Å². The summed E-state index contributed by atoms with van der Waals surface area (Å²) in [5.74, 6) is -0.199. The third-order valence-electron chi connectivity index (χ3n) is 8.02. The number of carbonyl (C=O) groups is 2. The maximum absolute atomic E-state index is 14.1. The standard InChI is InChI=1S/C34H38FN3O2/c1-5-37(6-2)27-17-13-24(14-18-27)34-33-29(20-25(21-31(33)39)23-11-15-26(35)16-12-23)36-28-9-7-8-10-30(28)38(34)32(40)19-22(3)4/h7-18,22,25,34,36H,5-6,19-21H2,1-4H3/t25-,34-/m0/s1. The Labute approximate surface area is 236 Å². The van der Waals surface area contributed by atoms with Gasteiger partial charge in [-0.1, -0.05) is 50.2 Å². The van der Waals surface area contributed by atoms with Gasteiger partial charge in [0.05, 0.1) is 17.4 Å². The average molecular weight is 540 g/mol. The molecule has 208 valence electrons. The van der Waals surface area contributed by atoms with E-state index >= 15 is 0 Å². The summed E-state index contributed by atoms with van der Waals surface area (Å²) in [5.41, 5.74) is 6.01. The van der Waals surface area contributed by atoms with Gasteiger partial charge in [0.25, 0.3) is 0 Å². The molecule has 0 saturated carbocycles. The highest BCUT2D eigenvalue weighted by molar-refractivity contribution is 6.06. The molecule has 0 spiro atoms. The smallest absolute Gasteiger partial charge is 0.228 e. The van der Waals surface area contributed by atoms with Gasteiger partial charge in [-0.25, -0.2) is 4.39 Å². The number of rotatable bonds is 7. The van der Waals surface area contributed by atoms with Gasteiger partial charge in [0.15, 0.2) is 5.78 Å². The molecule has 1 amide bonds. The molecule has 40 heavy (non-hydrogen) atoms. The van der Waals surface area contributed by atoms with E-state index in [-0.39, 0.29) is 29.3 Å². The van der Waals surface area contributed by atoms with E-state index in [1.165, 1.54) is 12.1 Å². The fraction of sp³-hybridized carbons (Fsp3) is 0.353.